The maximum Gasteiger partial charge on any atom is 0.332 e. The number of nitro groups is 1. The standard InChI is InChI=1S/C21H16ClNO2.C21H16ClN.C6H15O3P/c1-21(2)17-8-4-3-6-16(17)20-15(7-5-9-18(20)21)14-11-10-13(22)12-19(14)23(24)25;1-21(2)15-6-4-3-5-13(15)19-16(21)9-10-17-20(19)14-8-7-12(22)11-18(14)23-17;1-4-7-10(8-5-2)9-6-3/h3-12H,1-2H3;3-11,23H,1-2H3;4-6H2,1-3H3. The molecule has 0 unspecified atom stereocenters. The van der Waals surface area contributed by atoms with Crippen LogP contribution in [0.4, 0.5) is 5.69 Å². The molecular formula is C48H47Cl2N2O5P. The monoisotopic (exact) mass is 832 g/mol. The van der Waals surface area contributed by atoms with E-state index in [9.17, 15) is 10.1 Å². The number of aromatic amines is 1. The van der Waals surface area contributed by atoms with Crippen molar-refractivity contribution in [2.45, 2.75) is 59.3 Å². The van der Waals surface area contributed by atoms with Crippen LogP contribution in [0.1, 0.15) is 70.7 Å². The van der Waals surface area contributed by atoms with Crippen molar-refractivity contribution in [3.63, 3.8) is 0 Å². The van der Waals surface area contributed by atoms with Gasteiger partial charge in [-0.3, -0.25) is 10.1 Å². The van der Waals surface area contributed by atoms with Gasteiger partial charge >= 0.3 is 8.60 Å². The first-order chi connectivity index (χ1) is 27.8. The zero-order valence-corrected chi connectivity index (χ0v) is 36.2. The molecule has 1 aromatic heterocycles. The molecule has 298 valence electrons. The fourth-order valence-corrected chi connectivity index (χ4v) is 9.65. The van der Waals surface area contributed by atoms with Crippen LogP contribution in [0.3, 0.4) is 0 Å². The van der Waals surface area contributed by atoms with Gasteiger partial charge in [0, 0.05) is 48.7 Å². The average molecular weight is 834 g/mol. The van der Waals surface area contributed by atoms with E-state index in [0.29, 0.717) is 30.4 Å². The maximum atomic E-state index is 11.6. The normalized spacial score (nSPS) is 13.9. The van der Waals surface area contributed by atoms with Gasteiger partial charge in [-0.05, 0) is 101 Å². The predicted octanol–water partition coefficient (Wildman–Crippen LogP) is 14.8. The van der Waals surface area contributed by atoms with Crippen molar-refractivity contribution in [1.29, 1.82) is 0 Å². The highest BCUT2D eigenvalue weighted by Gasteiger charge is 2.38. The SMILES string of the molecule is CC1(C)c2ccccc2-c2c(-c3ccc(Cl)cc3[N+](=O)[O-])cccc21.CC1(C)c2ccccc2-c2c1ccc1[nH]c3cc(Cl)ccc3c21.CCOP(OCC)OCC. The lowest BCUT2D eigenvalue weighted by molar-refractivity contribution is -0.384. The first-order valence-electron chi connectivity index (χ1n) is 19.5. The molecule has 2 aliphatic carbocycles. The molecule has 0 bridgehead atoms. The molecule has 6 aromatic carbocycles. The Morgan fingerprint density at radius 2 is 1.10 bits per heavy atom. The zero-order valence-electron chi connectivity index (χ0n) is 33.8. The minimum atomic E-state index is -1.06. The Balaban J connectivity index is 0.000000145. The topological polar surface area (TPSA) is 86.6 Å². The van der Waals surface area contributed by atoms with Gasteiger partial charge in [-0.25, -0.2) is 0 Å². The third-order valence-corrected chi connectivity index (χ3v) is 12.9. The largest absolute Gasteiger partial charge is 0.354 e. The van der Waals surface area contributed by atoms with Gasteiger partial charge in [-0.1, -0.05) is 130 Å². The number of benzene rings is 6. The van der Waals surface area contributed by atoms with Crippen molar-refractivity contribution in [3.05, 3.63) is 158 Å². The lowest BCUT2D eigenvalue weighted by Crippen LogP contribution is -2.14. The fraction of sp³-hybridized carbons (Fsp3) is 0.250. The molecule has 0 radical (unpaired) electrons. The summed E-state index contributed by atoms with van der Waals surface area (Å²) >= 11 is 12.2. The highest BCUT2D eigenvalue weighted by Crippen LogP contribution is 2.54. The van der Waals surface area contributed by atoms with E-state index in [1.54, 1.807) is 12.1 Å². The Morgan fingerprint density at radius 3 is 1.71 bits per heavy atom. The van der Waals surface area contributed by atoms with Crippen molar-refractivity contribution in [1.82, 2.24) is 4.98 Å². The summed E-state index contributed by atoms with van der Waals surface area (Å²) in [6.07, 6.45) is 0. The molecule has 0 amide bonds. The zero-order chi connectivity index (χ0) is 41.4. The molecule has 0 atom stereocenters. The minimum absolute atomic E-state index is 0.0306. The lowest BCUT2D eigenvalue weighted by atomic mass is 9.82. The van der Waals surface area contributed by atoms with Crippen LogP contribution in [0.25, 0.3) is 55.2 Å². The van der Waals surface area contributed by atoms with Crippen LogP contribution in [0, 0.1) is 10.1 Å². The van der Waals surface area contributed by atoms with Crippen LogP contribution in [-0.2, 0) is 24.4 Å². The van der Waals surface area contributed by atoms with Crippen LogP contribution in [-0.4, -0.2) is 29.7 Å². The summed E-state index contributed by atoms with van der Waals surface area (Å²) < 4.78 is 15.4. The quantitative estimate of drug-likeness (QED) is 0.0936. The Morgan fingerprint density at radius 1 is 0.586 bits per heavy atom. The van der Waals surface area contributed by atoms with E-state index in [1.807, 2.05) is 57.2 Å². The van der Waals surface area contributed by atoms with Gasteiger partial charge in [0.25, 0.3) is 5.69 Å². The molecule has 9 rings (SSSR count). The molecule has 58 heavy (non-hydrogen) atoms. The number of nitro benzene ring substituents is 1. The lowest BCUT2D eigenvalue weighted by Gasteiger charge is -2.21. The summed E-state index contributed by atoms with van der Waals surface area (Å²) in [5, 5.41) is 15.3. The van der Waals surface area contributed by atoms with Crippen molar-refractivity contribution >= 4 is 59.3 Å². The molecule has 7 aromatic rings. The predicted molar refractivity (Wildman–Crippen MR) is 241 cm³/mol. The van der Waals surface area contributed by atoms with Gasteiger partial charge < -0.3 is 18.6 Å². The van der Waals surface area contributed by atoms with E-state index in [4.69, 9.17) is 36.8 Å². The van der Waals surface area contributed by atoms with E-state index in [1.165, 1.54) is 55.7 Å². The molecule has 0 saturated heterocycles. The number of hydrogen-bond acceptors (Lipinski definition) is 5. The molecule has 0 fully saturated rings. The van der Waals surface area contributed by atoms with Crippen molar-refractivity contribution in [3.8, 4) is 33.4 Å². The van der Waals surface area contributed by atoms with Crippen LogP contribution >= 0.6 is 31.8 Å². The number of nitrogens with zero attached hydrogens (tertiary/aromatic N) is 1. The highest BCUT2D eigenvalue weighted by atomic mass is 35.5. The Kier molecular flexibility index (Phi) is 12.1. The molecule has 7 nitrogen and oxygen atoms in total. The Labute approximate surface area is 351 Å². The summed E-state index contributed by atoms with van der Waals surface area (Å²) in [6.45, 7) is 16.7. The van der Waals surface area contributed by atoms with E-state index < -0.39 is 8.60 Å². The second kappa shape index (κ2) is 16.9. The fourth-order valence-electron chi connectivity index (χ4n) is 8.45. The number of halogens is 2. The molecular weight excluding hydrogens is 786 g/mol. The smallest absolute Gasteiger partial charge is 0.332 e. The van der Waals surface area contributed by atoms with Gasteiger partial charge in [-0.15, -0.1) is 0 Å². The number of hydrogen-bond donors (Lipinski definition) is 1. The average Bonchev–Trinajstić information content (AvgIpc) is 3.78. The van der Waals surface area contributed by atoms with Crippen LogP contribution < -0.4 is 0 Å². The number of H-pyrrole nitrogens is 1. The summed E-state index contributed by atoms with van der Waals surface area (Å²) in [7, 11) is -1.06. The van der Waals surface area contributed by atoms with E-state index in [-0.39, 0.29) is 21.4 Å². The number of fused-ring (bicyclic) bond motifs is 10. The Bertz CT molecular complexity index is 2640. The van der Waals surface area contributed by atoms with Crippen LogP contribution in [0.15, 0.2) is 115 Å². The van der Waals surface area contributed by atoms with E-state index in [2.05, 4.69) is 93.3 Å². The van der Waals surface area contributed by atoms with Gasteiger partial charge in [0.1, 0.15) is 0 Å². The van der Waals surface area contributed by atoms with Gasteiger partial charge in [0.15, 0.2) is 0 Å². The van der Waals surface area contributed by atoms with Crippen molar-refractivity contribution in [2.75, 3.05) is 19.8 Å². The van der Waals surface area contributed by atoms with Gasteiger partial charge in [0.05, 0.1) is 30.3 Å². The number of aromatic nitrogens is 1. The molecule has 10 heteroatoms. The molecule has 1 N–H and O–H groups in total. The van der Waals surface area contributed by atoms with Crippen molar-refractivity contribution < 1.29 is 18.5 Å². The second-order valence-corrected chi connectivity index (χ2v) is 17.3. The van der Waals surface area contributed by atoms with Crippen LogP contribution in [0.5, 0.6) is 0 Å². The summed E-state index contributed by atoms with van der Waals surface area (Å²) in [4.78, 5) is 14.7. The van der Waals surface area contributed by atoms with Gasteiger partial charge in [-0.2, -0.15) is 0 Å². The number of nitrogens with one attached hydrogen (secondary N) is 1. The molecule has 1 heterocycles. The molecule has 2 aliphatic rings. The van der Waals surface area contributed by atoms with Crippen molar-refractivity contribution in [2.24, 2.45) is 0 Å². The minimum Gasteiger partial charge on any atom is -0.354 e. The summed E-state index contributed by atoms with van der Waals surface area (Å²) in [5.74, 6) is 0. The summed E-state index contributed by atoms with van der Waals surface area (Å²) in [6, 6.07) is 38.5. The first-order valence-corrected chi connectivity index (χ1v) is 21.4. The maximum absolute atomic E-state index is 11.6. The molecule has 0 aliphatic heterocycles. The highest BCUT2D eigenvalue weighted by molar-refractivity contribution is 7.41. The Hall–Kier alpha value is -4.59. The third kappa shape index (κ3) is 7.57. The number of rotatable bonds is 8. The van der Waals surface area contributed by atoms with Gasteiger partial charge in [0.2, 0.25) is 0 Å². The second-order valence-electron chi connectivity index (χ2n) is 15.2. The van der Waals surface area contributed by atoms with Crippen LogP contribution in [0.2, 0.25) is 10.0 Å². The molecule has 0 spiro atoms. The third-order valence-electron chi connectivity index (χ3n) is 11.0. The molecule has 0 saturated carbocycles. The van der Waals surface area contributed by atoms with E-state index >= 15 is 0 Å². The summed E-state index contributed by atoms with van der Waals surface area (Å²) in [5.41, 5.74) is 13.9. The van der Waals surface area contributed by atoms with E-state index in [0.717, 1.165) is 27.2 Å². The first kappa shape index (κ1) is 41.6.